The third kappa shape index (κ3) is 4.32. The van der Waals surface area contributed by atoms with E-state index < -0.39 is 5.60 Å². The van der Waals surface area contributed by atoms with Gasteiger partial charge in [0, 0.05) is 37.2 Å². The minimum atomic E-state index is -0.454. The summed E-state index contributed by atoms with van der Waals surface area (Å²) in [4.78, 5) is 20.9. The normalized spacial score (nSPS) is 19.4. The van der Waals surface area contributed by atoms with Gasteiger partial charge in [-0.05, 0) is 34.1 Å². The Morgan fingerprint density at radius 3 is 2.68 bits per heavy atom. The molecule has 0 radical (unpaired) electrons. The largest absolute Gasteiger partial charge is 0.444 e. The Balaban J connectivity index is 2.06. The van der Waals surface area contributed by atoms with Gasteiger partial charge in [0.15, 0.2) is 0 Å². The molecule has 1 atom stereocenters. The molecule has 7 heteroatoms. The van der Waals surface area contributed by atoms with Crippen molar-refractivity contribution in [1.29, 1.82) is 0 Å². The minimum absolute atomic E-state index is 0.221. The molecule has 1 amide bonds. The molecule has 1 aliphatic heterocycles. The average molecular weight is 326 g/mol. The lowest BCUT2D eigenvalue weighted by atomic mass is 10.1. The van der Waals surface area contributed by atoms with Gasteiger partial charge in [-0.3, -0.25) is 0 Å². The first kappa shape index (κ1) is 17.0. The molecule has 1 fully saturated rings. The maximum atomic E-state index is 12.3. The second kappa shape index (κ2) is 6.81. The maximum Gasteiger partial charge on any atom is 0.410 e. The molecule has 2 rings (SSSR count). The molecule has 0 aromatic carbocycles. The highest BCUT2D eigenvalue weighted by Gasteiger charge is 2.32. The summed E-state index contributed by atoms with van der Waals surface area (Å²) in [5.74, 6) is 0.810. The number of nitrogens with zero attached hydrogens (tertiary/aromatic N) is 4. The number of amides is 1. The molecule has 22 heavy (non-hydrogen) atoms. The van der Waals surface area contributed by atoms with Crippen molar-refractivity contribution in [2.24, 2.45) is 0 Å². The van der Waals surface area contributed by atoms with Crippen molar-refractivity contribution >= 4 is 22.8 Å². The van der Waals surface area contributed by atoms with Crippen LogP contribution in [0.25, 0.3) is 0 Å². The van der Waals surface area contributed by atoms with E-state index in [9.17, 15) is 4.79 Å². The van der Waals surface area contributed by atoms with Crippen molar-refractivity contribution in [2.45, 2.75) is 59.1 Å². The van der Waals surface area contributed by atoms with E-state index in [4.69, 9.17) is 4.74 Å². The van der Waals surface area contributed by atoms with Crippen molar-refractivity contribution in [3.63, 3.8) is 0 Å². The number of carbonyl (C=O) groups excluding carboxylic acids is 1. The summed E-state index contributed by atoms with van der Waals surface area (Å²) < 4.78 is 9.76. The van der Waals surface area contributed by atoms with Crippen LogP contribution in [-0.2, 0) is 4.74 Å². The Morgan fingerprint density at radius 2 is 2.14 bits per heavy atom. The van der Waals surface area contributed by atoms with E-state index in [1.807, 2.05) is 32.6 Å². The zero-order valence-corrected chi connectivity index (χ0v) is 14.9. The summed E-state index contributed by atoms with van der Waals surface area (Å²) in [7, 11) is 0. The summed E-state index contributed by atoms with van der Waals surface area (Å²) in [5, 5.41) is 0.958. The monoisotopic (exact) mass is 326 g/mol. The van der Waals surface area contributed by atoms with Crippen molar-refractivity contribution in [3.05, 3.63) is 5.82 Å². The molecule has 0 N–H and O–H groups in total. The predicted molar refractivity (Wildman–Crippen MR) is 88.5 cm³/mol. The number of anilines is 1. The number of aryl methyl sites for hydroxylation is 1. The van der Waals surface area contributed by atoms with E-state index in [2.05, 4.69) is 21.2 Å². The van der Waals surface area contributed by atoms with Gasteiger partial charge in [0.2, 0.25) is 5.13 Å². The highest BCUT2D eigenvalue weighted by molar-refractivity contribution is 7.09. The first-order valence-corrected chi connectivity index (χ1v) is 8.62. The SMILES string of the molecule is CCC[C@@H]1CN(C(=O)OC(C)(C)C)CCN1c1nc(C)ns1. The average Bonchev–Trinajstić information content (AvgIpc) is 2.83. The van der Waals surface area contributed by atoms with Gasteiger partial charge in [-0.25, -0.2) is 9.78 Å². The van der Waals surface area contributed by atoms with Crippen LogP contribution in [0.1, 0.15) is 46.4 Å². The van der Waals surface area contributed by atoms with Gasteiger partial charge >= 0.3 is 6.09 Å². The summed E-state index contributed by atoms with van der Waals surface area (Å²) in [5.41, 5.74) is -0.454. The van der Waals surface area contributed by atoms with Crippen LogP contribution in [-0.4, -0.2) is 51.6 Å². The molecule has 1 aromatic heterocycles. The van der Waals surface area contributed by atoms with Crippen LogP contribution in [0.2, 0.25) is 0 Å². The van der Waals surface area contributed by atoms with Crippen LogP contribution < -0.4 is 4.90 Å². The molecule has 1 aliphatic rings. The number of carbonyl (C=O) groups is 1. The molecule has 1 aromatic rings. The van der Waals surface area contributed by atoms with Crippen LogP contribution in [0, 0.1) is 6.92 Å². The van der Waals surface area contributed by atoms with Crippen LogP contribution in [0.4, 0.5) is 9.93 Å². The van der Waals surface area contributed by atoms with E-state index in [1.54, 1.807) is 0 Å². The molecule has 0 spiro atoms. The molecule has 0 unspecified atom stereocenters. The third-order valence-corrected chi connectivity index (χ3v) is 4.36. The van der Waals surface area contributed by atoms with E-state index in [-0.39, 0.29) is 12.1 Å². The van der Waals surface area contributed by atoms with Gasteiger partial charge in [0.1, 0.15) is 11.4 Å². The Bertz CT molecular complexity index is 512. The smallest absolute Gasteiger partial charge is 0.410 e. The zero-order chi connectivity index (χ0) is 16.3. The van der Waals surface area contributed by atoms with E-state index >= 15 is 0 Å². The van der Waals surface area contributed by atoms with Crippen LogP contribution in [0.15, 0.2) is 0 Å². The number of hydrogen-bond donors (Lipinski definition) is 0. The lowest BCUT2D eigenvalue weighted by molar-refractivity contribution is 0.0212. The van der Waals surface area contributed by atoms with Gasteiger partial charge in [-0.2, -0.15) is 4.37 Å². The standard InChI is InChI=1S/C15H26N4O2S/c1-6-7-12-10-18(14(20)21-15(3,4)5)8-9-19(12)13-16-11(2)17-22-13/h12H,6-10H2,1-5H3/t12-/m1/s1. The number of ether oxygens (including phenoxy) is 1. The minimum Gasteiger partial charge on any atom is -0.444 e. The van der Waals surface area contributed by atoms with Crippen LogP contribution in [0.5, 0.6) is 0 Å². The van der Waals surface area contributed by atoms with Gasteiger partial charge in [0.25, 0.3) is 0 Å². The lowest BCUT2D eigenvalue weighted by Gasteiger charge is -2.41. The Hall–Kier alpha value is -1.37. The van der Waals surface area contributed by atoms with Gasteiger partial charge in [0.05, 0.1) is 0 Å². The first-order chi connectivity index (χ1) is 10.3. The van der Waals surface area contributed by atoms with Gasteiger partial charge in [-0.1, -0.05) is 13.3 Å². The molecular weight excluding hydrogens is 300 g/mol. The summed E-state index contributed by atoms with van der Waals surface area (Å²) in [6.45, 7) is 11.9. The van der Waals surface area contributed by atoms with Crippen LogP contribution >= 0.6 is 11.5 Å². The molecule has 0 aliphatic carbocycles. The van der Waals surface area contributed by atoms with E-state index in [1.165, 1.54) is 11.5 Å². The Labute approximate surface area is 136 Å². The summed E-state index contributed by atoms with van der Waals surface area (Å²) in [6, 6.07) is 0.276. The summed E-state index contributed by atoms with van der Waals surface area (Å²) in [6.07, 6.45) is 1.88. The predicted octanol–water partition coefficient (Wildman–Crippen LogP) is 3.07. The number of aromatic nitrogens is 2. The Kier molecular flexibility index (Phi) is 5.26. The third-order valence-electron chi connectivity index (χ3n) is 3.52. The van der Waals surface area contributed by atoms with Crippen LogP contribution in [0.3, 0.4) is 0 Å². The molecular formula is C15H26N4O2S. The van der Waals surface area contributed by atoms with E-state index in [0.717, 1.165) is 30.3 Å². The first-order valence-electron chi connectivity index (χ1n) is 7.85. The highest BCUT2D eigenvalue weighted by atomic mass is 32.1. The number of hydrogen-bond acceptors (Lipinski definition) is 6. The summed E-state index contributed by atoms with van der Waals surface area (Å²) >= 11 is 1.44. The maximum absolute atomic E-state index is 12.3. The second-order valence-corrected chi connectivity index (χ2v) is 7.42. The highest BCUT2D eigenvalue weighted by Crippen LogP contribution is 2.25. The topological polar surface area (TPSA) is 58.6 Å². The van der Waals surface area contributed by atoms with Crippen molar-refractivity contribution in [2.75, 3.05) is 24.5 Å². The van der Waals surface area contributed by atoms with Gasteiger partial charge in [-0.15, -0.1) is 0 Å². The molecule has 1 saturated heterocycles. The lowest BCUT2D eigenvalue weighted by Crippen LogP contribution is -2.55. The fourth-order valence-corrected chi connectivity index (χ4v) is 3.36. The zero-order valence-electron chi connectivity index (χ0n) is 14.1. The van der Waals surface area contributed by atoms with Gasteiger partial charge < -0.3 is 14.5 Å². The van der Waals surface area contributed by atoms with E-state index in [0.29, 0.717) is 13.1 Å². The fourth-order valence-electron chi connectivity index (χ4n) is 2.58. The fraction of sp³-hybridized carbons (Fsp3) is 0.800. The molecule has 124 valence electrons. The molecule has 0 saturated carbocycles. The number of rotatable bonds is 3. The number of piperazine rings is 1. The van der Waals surface area contributed by atoms with Crippen molar-refractivity contribution < 1.29 is 9.53 Å². The quantitative estimate of drug-likeness (QED) is 0.854. The molecule has 6 nitrogen and oxygen atoms in total. The van der Waals surface area contributed by atoms with Crippen molar-refractivity contribution in [1.82, 2.24) is 14.3 Å². The second-order valence-electron chi connectivity index (χ2n) is 6.69. The van der Waals surface area contributed by atoms with Crippen molar-refractivity contribution in [3.8, 4) is 0 Å². The molecule has 2 heterocycles. The Morgan fingerprint density at radius 1 is 1.41 bits per heavy atom. The molecule has 0 bridgehead atoms.